The largest absolute Gasteiger partial charge is 0.265 e. The van der Waals surface area contributed by atoms with E-state index in [1.54, 1.807) is 55.6 Å². The van der Waals surface area contributed by atoms with Gasteiger partial charge in [-0.25, -0.2) is 34.9 Å². The van der Waals surface area contributed by atoms with Crippen molar-refractivity contribution < 1.29 is 0 Å². The molecule has 0 atom stereocenters. The second-order valence-corrected chi connectivity index (χ2v) is 16.5. The zero-order chi connectivity index (χ0) is 54.0. The lowest BCUT2D eigenvalue weighted by atomic mass is 10.0. The SMILES string of the molecule is Cc1ccc(-c2ccccc2)cc1.Cc1cccc(-c2ccccc2)c1.Cc1ccccc1.Cc1ccccn1.Cc1cccnc1.Cc1ccncc1.Cc1cncnc1.Cc1ncccn1.Cc1ncncn1. The van der Waals surface area contributed by atoms with Gasteiger partial charge in [0.15, 0.2) is 0 Å². The standard InChI is InChI=1S/2C13H12.C7H8.3C6H7N.2C5H6N2.C4H5N3/c1-11-6-5-9-13(10-11)12-7-3-2-4-8-12;1-11-7-9-13(10-8-11)12-5-3-2-4-6-12;1-7-5-3-2-4-6-7;1-6-2-4-7-5-3-6;1-6-3-2-4-7-5-6;1-6-4-2-3-5-7-6;1-5-2-6-4-7-3-5;1-5-6-3-2-4-7-5;1-4-6-2-5-3-7-4/h2*2-10H,1H3;2-6H,1H3;3*2-5H,1H3;2*2-4H,1H3;2-3H,1H3. The number of hydrogen-bond donors (Lipinski definition) is 0. The summed E-state index contributed by atoms with van der Waals surface area (Å²) in [4.78, 5) is 38.1. The summed E-state index contributed by atoms with van der Waals surface area (Å²) in [7, 11) is 0. The van der Waals surface area contributed by atoms with Gasteiger partial charge in [0.05, 0.1) is 0 Å². The van der Waals surface area contributed by atoms with E-state index >= 15 is 0 Å². The number of benzene rings is 5. The van der Waals surface area contributed by atoms with Crippen molar-refractivity contribution >= 4 is 0 Å². The first-order valence-corrected chi connectivity index (χ1v) is 24.4. The average molecular weight is 991 g/mol. The Morgan fingerprint density at radius 3 is 1.04 bits per heavy atom. The normalized spacial score (nSPS) is 9.13. The smallest absolute Gasteiger partial charge is 0.128 e. The van der Waals surface area contributed by atoms with E-state index in [1.165, 1.54) is 69.1 Å². The van der Waals surface area contributed by atoms with Crippen molar-refractivity contribution in [1.82, 2.24) is 49.8 Å². The molecule has 0 aliphatic heterocycles. The molecule has 380 valence electrons. The third-order valence-electron chi connectivity index (χ3n) is 9.70. The highest BCUT2D eigenvalue weighted by Gasteiger charge is 1.95. The van der Waals surface area contributed by atoms with Crippen LogP contribution in [0.25, 0.3) is 22.3 Å². The van der Waals surface area contributed by atoms with Gasteiger partial charge in [-0.05, 0) is 138 Å². The maximum atomic E-state index is 3.98. The molecule has 0 saturated heterocycles. The summed E-state index contributed by atoms with van der Waals surface area (Å²) in [6.45, 7) is 18.0. The summed E-state index contributed by atoms with van der Waals surface area (Å²) in [5.41, 5.74) is 13.7. The Balaban J connectivity index is 0.000000226. The lowest BCUT2D eigenvalue weighted by molar-refractivity contribution is 0.974. The van der Waals surface area contributed by atoms with Crippen LogP contribution in [-0.2, 0) is 0 Å². The van der Waals surface area contributed by atoms with Gasteiger partial charge >= 0.3 is 0 Å². The molecule has 5 aromatic carbocycles. The van der Waals surface area contributed by atoms with Gasteiger partial charge in [0.25, 0.3) is 0 Å². The maximum Gasteiger partial charge on any atom is 0.128 e. The van der Waals surface area contributed by atoms with E-state index in [-0.39, 0.29) is 0 Å². The zero-order valence-corrected chi connectivity index (χ0v) is 44.8. The number of hydrogen-bond acceptors (Lipinski definition) is 10. The van der Waals surface area contributed by atoms with Crippen LogP contribution in [-0.4, -0.2) is 49.8 Å². The third-order valence-corrected chi connectivity index (χ3v) is 9.70. The highest BCUT2D eigenvalue weighted by atomic mass is 15.0. The van der Waals surface area contributed by atoms with Crippen LogP contribution in [0.4, 0.5) is 0 Å². The molecule has 0 fully saturated rings. The van der Waals surface area contributed by atoms with Crippen molar-refractivity contribution in [2.75, 3.05) is 0 Å². The predicted molar refractivity (Wildman–Crippen MR) is 309 cm³/mol. The van der Waals surface area contributed by atoms with Crippen molar-refractivity contribution in [3.05, 3.63) is 314 Å². The minimum atomic E-state index is 0.759. The molecule has 0 saturated carbocycles. The van der Waals surface area contributed by atoms with Gasteiger partial charge in [-0.3, -0.25) is 15.0 Å². The fraction of sp³-hybridized carbons (Fsp3) is 0.138. The van der Waals surface area contributed by atoms with Crippen LogP contribution in [0.2, 0.25) is 0 Å². The van der Waals surface area contributed by atoms with E-state index in [2.05, 4.69) is 180 Å². The molecule has 11 rings (SSSR count). The van der Waals surface area contributed by atoms with Crippen molar-refractivity contribution in [2.45, 2.75) is 62.3 Å². The topological polar surface area (TPSA) is 129 Å². The van der Waals surface area contributed by atoms with E-state index in [0.717, 1.165) is 22.9 Å². The Morgan fingerprint density at radius 2 is 0.680 bits per heavy atom. The summed E-state index contributed by atoms with van der Waals surface area (Å²) >= 11 is 0. The first-order valence-electron chi connectivity index (χ1n) is 24.4. The van der Waals surface area contributed by atoms with Gasteiger partial charge in [0.1, 0.15) is 30.6 Å². The monoisotopic (exact) mass is 991 g/mol. The fourth-order valence-corrected chi connectivity index (χ4v) is 5.73. The second kappa shape index (κ2) is 38.4. The Hall–Kier alpha value is -9.28. The number of aryl methyl sites for hydroxylation is 9. The predicted octanol–water partition coefficient (Wildman–Crippen LogP) is 15.2. The molecule has 10 nitrogen and oxygen atoms in total. The lowest BCUT2D eigenvalue weighted by Gasteiger charge is -2.01. The van der Waals surface area contributed by atoms with Gasteiger partial charge in [0, 0.05) is 61.5 Å². The van der Waals surface area contributed by atoms with Gasteiger partial charge in [-0.2, -0.15) is 0 Å². The van der Waals surface area contributed by atoms with Crippen LogP contribution in [0.5, 0.6) is 0 Å². The highest BCUT2D eigenvalue weighted by Crippen LogP contribution is 2.20. The van der Waals surface area contributed by atoms with E-state index < -0.39 is 0 Å². The Morgan fingerprint density at radius 1 is 0.227 bits per heavy atom. The Labute approximate surface area is 446 Å². The van der Waals surface area contributed by atoms with Crippen LogP contribution in [0, 0.1) is 62.3 Å². The van der Waals surface area contributed by atoms with Crippen LogP contribution in [0.1, 0.15) is 50.7 Å². The lowest BCUT2D eigenvalue weighted by Crippen LogP contribution is -1.84. The van der Waals surface area contributed by atoms with Gasteiger partial charge in [-0.1, -0.05) is 168 Å². The number of rotatable bonds is 2. The molecule has 6 aromatic heterocycles. The molecule has 11 aromatic rings. The van der Waals surface area contributed by atoms with Gasteiger partial charge in [0.2, 0.25) is 0 Å². The van der Waals surface area contributed by atoms with Crippen LogP contribution in [0.3, 0.4) is 0 Å². The van der Waals surface area contributed by atoms with E-state index in [1.807, 2.05) is 121 Å². The highest BCUT2D eigenvalue weighted by molar-refractivity contribution is 5.64. The van der Waals surface area contributed by atoms with Crippen molar-refractivity contribution in [3.8, 4) is 22.3 Å². The number of pyridine rings is 3. The summed E-state index contributed by atoms with van der Waals surface area (Å²) in [5, 5.41) is 0. The minimum Gasteiger partial charge on any atom is -0.265 e. The fourth-order valence-electron chi connectivity index (χ4n) is 5.73. The molecule has 6 heterocycles. The molecule has 75 heavy (non-hydrogen) atoms. The Kier molecular flexibility index (Phi) is 30.7. The maximum absolute atomic E-state index is 3.98. The van der Waals surface area contributed by atoms with E-state index in [4.69, 9.17) is 0 Å². The van der Waals surface area contributed by atoms with Crippen molar-refractivity contribution in [1.29, 1.82) is 0 Å². The summed E-state index contributed by atoms with van der Waals surface area (Å²) < 4.78 is 0. The molecule has 0 amide bonds. The second-order valence-electron chi connectivity index (χ2n) is 16.5. The summed E-state index contributed by atoms with van der Waals surface area (Å²) in [5.74, 6) is 1.58. The number of nitrogens with zero attached hydrogens (tertiary/aromatic N) is 10. The Bertz CT molecular complexity index is 2650. The van der Waals surface area contributed by atoms with Gasteiger partial charge < -0.3 is 0 Å². The first kappa shape index (κ1) is 60.0. The van der Waals surface area contributed by atoms with Crippen molar-refractivity contribution in [2.24, 2.45) is 0 Å². The molecule has 0 spiro atoms. The van der Waals surface area contributed by atoms with Crippen LogP contribution < -0.4 is 0 Å². The van der Waals surface area contributed by atoms with E-state index in [0.29, 0.717) is 0 Å². The van der Waals surface area contributed by atoms with Crippen molar-refractivity contribution in [3.63, 3.8) is 0 Å². The first-order chi connectivity index (χ1) is 36.5. The molecular weight excluding hydrogens is 921 g/mol. The van der Waals surface area contributed by atoms with Crippen LogP contribution in [0.15, 0.2) is 263 Å². The van der Waals surface area contributed by atoms with E-state index in [9.17, 15) is 0 Å². The number of aromatic nitrogens is 10. The average Bonchev–Trinajstić information content (AvgIpc) is 3.45. The quantitative estimate of drug-likeness (QED) is 0.165. The molecule has 0 aliphatic carbocycles. The minimum absolute atomic E-state index is 0.759. The zero-order valence-electron chi connectivity index (χ0n) is 44.8. The van der Waals surface area contributed by atoms with Crippen LogP contribution >= 0.6 is 0 Å². The van der Waals surface area contributed by atoms with Gasteiger partial charge in [-0.15, -0.1) is 0 Å². The molecule has 0 radical (unpaired) electrons. The molecule has 0 unspecified atom stereocenters. The molecular formula is C65H70N10. The summed E-state index contributed by atoms with van der Waals surface area (Å²) in [6, 6.07) is 63.8. The molecule has 0 bridgehead atoms. The molecule has 0 aliphatic rings. The molecule has 0 N–H and O–H groups in total. The third kappa shape index (κ3) is 30.9. The summed E-state index contributed by atoms with van der Waals surface area (Å²) in [6.07, 6.45) is 20.4. The molecule has 10 heteroatoms.